The van der Waals surface area contributed by atoms with E-state index in [-0.39, 0.29) is 5.82 Å². The van der Waals surface area contributed by atoms with Crippen molar-refractivity contribution in [2.45, 2.75) is 0 Å². The number of anilines is 1. The van der Waals surface area contributed by atoms with Gasteiger partial charge in [-0.05, 0) is 12.1 Å². The zero-order chi connectivity index (χ0) is 13.9. The predicted molar refractivity (Wildman–Crippen MR) is 73.7 cm³/mol. The van der Waals surface area contributed by atoms with Gasteiger partial charge in [0.25, 0.3) is 0 Å². The van der Waals surface area contributed by atoms with Crippen LogP contribution in [-0.4, -0.2) is 20.0 Å². The molecule has 0 aliphatic carbocycles. The third-order valence-corrected chi connectivity index (χ3v) is 2.86. The number of nitrogen functional groups attached to an aromatic ring is 1. The van der Waals surface area contributed by atoms with Gasteiger partial charge in [-0.25, -0.2) is 0 Å². The first-order chi connectivity index (χ1) is 9.81. The SMILES string of the molecule is N#Cc1c(-c2ccccc2)nn(-c2cccnn2)c1N. The summed E-state index contributed by atoms with van der Waals surface area (Å²) in [5, 5.41) is 21.4. The second-order valence-electron chi connectivity index (χ2n) is 4.08. The molecule has 1 aromatic carbocycles. The zero-order valence-electron chi connectivity index (χ0n) is 10.4. The van der Waals surface area contributed by atoms with E-state index in [1.54, 1.807) is 18.3 Å². The van der Waals surface area contributed by atoms with Crippen LogP contribution in [0.25, 0.3) is 17.1 Å². The summed E-state index contributed by atoms with van der Waals surface area (Å²) >= 11 is 0. The minimum absolute atomic E-state index is 0.256. The molecule has 0 saturated heterocycles. The van der Waals surface area contributed by atoms with Crippen molar-refractivity contribution < 1.29 is 0 Å². The molecule has 0 spiro atoms. The summed E-state index contributed by atoms with van der Waals surface area (Å²) in [6.45, 7) is 0. The van der Waals surface area contributed by atoms with E-state index in [0.29, 0.717) is 17.1 Å². The Morgan fingerprint density at radius 1 is 1.10 bits per heavy atom. The first kappa shape index (κ1) is 11.9. The van der Waals surface area contributed by atoms with Crippen LogP contribution in [0, 0.1) is 11.3 Å². The lowest BCUT2D eigenvalue weighted by atomic mass is 10.1. The highest BCUT2D eigenvalue weighted by atomic mass is 15.4. The van der Waals surface area contributed by atoms with Gasteiger partial charge < -0.3 is 5.73 Å². The van der Waals surface area contributed by atoms with Gasteiger partial charge in [-0.1, -0.05) is 30.3 Å². The van der Waals surface area contributed by atoms with Crippen LogP contribution in [0.2, 0.25) is 0 Å². The maximum Gasteiger partial charge on any atom is 0.178 e. The molecule has 0 aliphatic heterocycles. The van der Waals surface area contributed by atoms with Gasteiger partial charge in [0.05, 0.1) is 0 Å². The first-order valence-electron chi connectivity index (χ1n) is 5.93. The molecule has 3 rings (SSSR count). The van der Waals surface area contributed by atoms with Crippen molar-refractivity contribution in [3.05, 3.63) is 54.2 Å². The molecule has 2 heterocycles. The van der Waals surface area contributed by atoms with Gasteiger partial charge in [-0.15, -0.1) is 5.10 Å². The molecule has 2 aromatic heterocycles. The maximum absolute atomic E-state index is 9.30. The summed E-state index contributed by atoms with van der Waals surface area (Å²) < 4.78 is 1.42. The van der Waals surface area contributed by atoms with Gasteiger partial charge in [0.1, 0.15) is 23.1 Å². The molecular formula is C14H10N6. The van der Waals surface area contributed by atoms with E-state index in [0.717, 1.165) is 5.56 Å². The fourth-order valence-electron chi connectivity index (χ4n) is 1.92. The minimum Gasteiger partial charge on any atom is -0.382 e. The van der Waals surface area contributed by atoms with Crippen molar-refractivity contribution in [1.82, 2.24) is 20.0 Å². The summed E-state index contributed by atoms with van der Waals surface area (Å²) in [6.07, 6.45) is 1.56. The summed E-state index contributed by atoms with van der Waals surface area (Å²) in [5.74, 6) is 0.732. The fourth-order valence-corrected chi connectivity index (χ4v) is 1.92. The van der Waals surface area contributed by atoms with Crippen LogP contribution < -0.4 is 5.73 Å². The molecule has 0 atom stereocenters. The minimum atomic E-state index is 0.256. The number of nitrogens with zero attached hydrogens (tertiary/aromatic N) is 5. The van der Waals surface area contributed by atoms with Crippen LogP contribution in [0.1, 0.15) is 5.56 Å². The van der Waals surface area contributed by atoms with E-state index in [4.69, 9.17) is 5.73 Å². The Labute approximate surface area is 115 Å². The lowest BCUT2D eigenvalue weighted by Gasteiger charge is -2.00. The molecule has 2 N–H and O–H groups in total. The first-order valence-corrected chi connectivity index (χ1v) is 5.93. The molecule has 0 fully saturated rings. The molecule has 0 unspecified atom stereocenters. The molecule has 96 valence electrons. The quantitative estimate of drug-likeness (QED) is 0.759. The highest BCUT2D eigenvalue weighted by Gasteiger charge is 2.18. The Hall–Kier alpha value is -3.20. The number of hydrogen-bond acceptors (Lipinski definition) is 5. The smallest absolute Gasteiger partial charge is 0.178 e. The molecule has 6 nitrogen and oxygen atoms in total. The van der Waals surface area contributed by atoms with E-state index < -0.39 is 0 Å². The number of rotatable bonds is 2. The van der Waals surface area contributed by atoms with Gasteiger partial charge >= 0.3 is 0 Å². The molecule has 0 radical (unpaired) electrons. The van der Waals surface area contributed by atoms with Crippen molar-refractivity contribution in [3.8, 4) is 23.1 Å². The van der Waals surface area contributed by atoms with Gasteiger partial charge in [0.2, 0.25) is 0 Å². The Bertz CT molecular complexity index is 771. The molecule has 0 aliphatic rings. The van der Waals surface area contributed by atoms with Crippen molar-refractivity contribution in [2.24, 2.45) is 0 Å². The number of benzene rings is 1. The fraction of sp³-hybridized carbons (Fsp3) is 0. The molecule has 20 heavy (non-hydrogen) atoms. The summed E-state index contributed by atoms with van der Waals surface area (Å²) in [5.41, 5.74) is 7.70. The molecular weight excluding hydrogens is 252 g/mol. The van der Waals surface area contributed by atoms with Crippen LogP contribution in [0.15, 0.2) is 48.7 Å². The number of nitrogens with two attached hydrogens (primary N) is 1. The Morgan fingerprint density at radius 2 is 1.90 bits per heavy atom. The lowest BCUT2D eigenvalue weighted by Crippen LogP contribution is -2.05. The summed E-state index contributed by atoms with van der Waals surface area (Å²) in [7, 11) is 0. The summed E-state index contributed by atoms with van der Waals surface area (Å²) in [4.78, 5) is 0. The van der Waals surface area contributed by atoms with E-state index in [1.807, 2.05) is 30.3 Å². The van der Waals surface area contributed by atoms with Crippen LogP contribution in [0.4, 0.5) is 5.82 Å². The second kappa shape index (κ2) is 4.82. The van der Waals surface area contributed by atoms with Gasteiger partial charge in [-0.3, -0.25) is 0 Å². The monoisotopic (exact) mass is 262 g/mol. The van der Waals surface area contributed by atoms with E-state index in [9.17, 15) is 5.26 Å². The molecule has 3 aromatic rings. The third kappa shape index (κ3) is 1.87. The highest BCUT2D eigenvalue weighted by Crippen LogP contribution is 2.27. The van der Waals surface area contributed by atoms with Crippen LogP contribution >= 0.6 is 0 Å². The predicted octanol–water partition coefficient (Wildman–Crippen LogP) is 1.78. The summed E-state index contributed by atoms with van der Waals surface area (Å²) in [6, 6.07) is 15.0. The number of aromatic nitrogens is 4. The number of nitriles is 1. The lowest BCUT2D eigenvalue weighted by molar-refractivity contribution is 0.825. The van der Waals surface area contributed by atoms with Gasteiger partial charge in [-0.2, -0.15) is 20.1 Å². The molecule has 0 bridgehead atoms. The third-order valence-electron chi connectivity index (χ3n) is 2.86. The second-order valence-corrected chi connectivity index (χ2v) is 4.08. The van der Waals surface area contributed by atoms with E-state index >= 15 is 0 Å². The average molecular weight is 262 g/mol. The Kier molecular flexibility index (Phi) is 2.86. The van der Waals surface area contributed by atoms with Crippen LogP contribution in [-0.2, 0) is 0 Å². The molecule has 0 amide bonds. The van der Waals surface area contributed by atoms with Crippen molar-refractivity contribution in [3.63, 3.8) is 0 Å². The Morgan fingerprint density at radius 3 is 2.55 bits per heavy atom. The van der Waals surface area contributed by atoms with Gasteiger partial charge in [0.15, 0.2) is 5.82 Å². The zero-order valence-corrected chi connectivity index (χ0v) is 10.4. The largest absolute Gasteiger partial charge is 0.382 e. The molecule has 0 saturated carbocycles. The number of hydrogen-bond donors (Lipinski definition) is 1. The normalized spacial score (nSPS) is 10.2. The van der Waals surface area contributed by atoms with E-state index in [1.165, 1.54) is 4.68 Å². The van der Waals surface area contributed by atoms with Gasteiger partial charge in [0, 0.05) is 11.8 Å². The standard InChI is InChI=1S/C14H10N6/c15-9-11-13(10-5-2-1-3-6-10)19-20(14(11)16)12-7-4-8-17-18-12/h1-8H,16H2. The maximum atomic E-state index is 9.30. The average Bonchev–Trinajstić information content (AvgIpc) is 2.86. The van der Waals surface area contributed by atoms with Crippen molar-refractivity contribution >= 4 is 5.82 Å². The topological polar surface area (TPSA) is 93.4 Å². The van der Waals surface area contributed by atoms with Crippen molar-refractivity contribution in [1.29, 1.82) is 5.26 Å². The van der Waals surface area contributed by atoms with Crippen LogP contribution in [0.3, 0.4) is 0 Å². The molecule has 6 heteroatoms. The highest BCUT2D eigenvalue weighted by molar-refractivity contribution is 5.73. The Balaban J connectivity index is 2.22. The van der Waals surface area contributed by atoms with Crippen LogP contribution in [0.5, 0.6) is 0 Å². The van der Waals surface area contributed by atoms with Crippen molar-refractivity contribution in [2.75, 3.05) is 5.73 Å². The van der Waals surface area contributed by atoms with E-state index in [2.05, 4.69) is 21.4 Å².